The number of nitrogens with zero attached hydrogens (tertiary/aromatic N) is 2. The Hall–Kier alpha value is -1.06. The fraction of sp³-hybridized carbons (Fsp3) is 0.667. The van der Waals surface area contributed by atoms with Crippen LogP contribution in [0.5, 0.6) is 5.75 Å². The first-order chi connectivity index (χ1) is 10.1. The van der Waals surface area contributed by atoms with Crippen LogP contribution >= 0.6 is 0 Å². The standard InChI is InChI=1S/C18H28N2O/c1-13-14(2)18(21-4)9-8-16(13)17-7-5-6-15-12-19(3)10-11-20(15)17/h8-9,15,17H,5-7,10-12H2,1-4H3. The second-order valence-corrected chi connectivity index (χ2v) is 6.71. The monoisotopic (exact) mass is 288 g/mol. The van der Waals surface area contributed by atoms with Gasteiger partial charge in [0.15, 0.2) is 0 Å². The van der Waals surface area contributed by atoms with Gasteiger partial charge in [-0.05, 0) is 62.9 Å². The number of likely N-dealkylation sites (N-methyl/N-ethyl adjacent to an activating group) is 1. The van der Waals surface area contributed by atoms with Crippen molar-refractivity contribution in [2.75, 3.05) is 33.8 Å². The molecule has 2 aliphatic rings. The first-order valence-electron chi connectivity index (χ1n) is 8.20. The molecule has 1 aromatic carbocycles. The van der Waals surface area contributed by atoms with E-state index in [9.17, 15) is 0 Å². The van der Waals surface area contributed by atoms with Crippen LogP contribution in [0.1, 0.15) is 42.0 Å². The number of piperidine rings is 1. The minimum atomic E-state index is 0.599. The van der Waals surface area contributed by atoms with E-state index in [0.29, 0.717) is 6.04 Å². The van der Waals surface area contributed by atoms with Crippen molar-refractivity contribution in [3.8, 4) is 5.75 Å². The summed E-state index contributed by atoms with van der Waals surface area (Å²) in [5.74, 6) is 1.02. The molecule has 2 unspecified atom stereocenters. The topological polar surface area (TPSA) is 15.7 Å². The van der Waals surface area contributed by atoms with Gasteiger partial charge in [-0.3, -0.25) is 4.90 Å². The van der Waals surface area contributed by atoms with Gasteiger partial charge in [0.25, 0.3) is 0 Å². The van der Waals surface area contributed by atoms with Crippen LogP contribution in [-0.4, -0.2) is 49.6 Å². The fourth-order valence-electron chi connectivity index (χ4n) is 4.14. The number of hydrogen-bond acceptors (Lipinski definition) is 3. The Kier molecular flexibility index (Phi) is 4.23. The van der Waals surface area contributed by atoms with E-state index in [1.807, 2.05) is 0 Å². The van der Waals surface area contributed by atoms with Crippen molar-refractivity contribution >= 4 is 0 Å². The van der Waals surface area contributed by atoms with Gasteiger partial charge in [-0.2, -0.15) is 0 Å². The lowest BCUT2D eigenvalue weighted by Gasteiger charge is -2.48. The number of hydrogen-bond donors (Lipinski definition) is 0. The second kappa shape index (κ2) is 5.98. The lowest BCUT2D eigenvalue weighted by Crippen LogP contribution is -2.54. The summed E-state index contributed by atoms with van der Waals surface area (Å²) in [4.78, 5) is 5.24. The van der Waals surface area contributed by atoms with E-state index >= 15 is 0 Å². The van der Waals surface area contributed by atoms with Crippen molar-refractivity contribution in [2.45, 2.75) is 45.2 Å². The maximum atomic E-state index is 5.47. The molecule has 0 saturated carbocycles. The molecule has 2 aliphatic heterocycles. The highest BCUT2D eigenvalue weighted by Gasteiger charge is 2.35. The predicted molar refractivity (Wildman–Crippen MR) is 87.1 cm³/mol. The summed E-state index contributed by atoms with van der Waals surface area (Å²) < 4.78 is 5.47. The summed E-state index contributed by atoms with van der Waals surface area (Å²) in [5, 5.41) is 0. The van der Waals surface area contributed by atoms with Crippen molar-refractivity contribution in [3.05, 3.63) is 28.8 Å². The largest absolute Gasteiger partial charge is 0.496 e. The molecule has 3 rings (SSSR count). The van der Waals surface area contributed by atoms with E-state index in [1.54, 1.807) is 7.11 Å². The predicted octanol–water partition coefficient (Wildman–Crippen LogP) is 3.15. The number of benzene rings is 1. The van der Waals surface area contributed by atoms with Crippen molar-refractivity contribution < 1.29 is 4.74 Å². The van der Waals surface area contributed by atoms with Gasteiger partial charge >= 0.3 is 0 Å². The SMILES string of the molecule is COc1ccc(C2CCCC3CN(C)CCN32)c(C)c1C. The van der Waals surface area contributed by atoms with Crippen LogP contribution in [0.15, 0.2) is 12.1 Å². The zero-order chi connectivity index (χ0) is 15.0. The Balaban J connectivity index is 1.90. The number of piperazine rings is 1. The minimum Gasteiger partial charge on any atom is -0.496 e. The van der Waals surface area contributed by atoms with Crippen molar-refractivity contribution in [1.82, 2.24) is 9.80 Å². The van der Waals surface area contributed by atoms with Crippen LogP contribution < -0.4 is 4.74 Å². The number of fused-ring (bicyclic) bond motifs is 1. The molecule has 2 fully saturated rings. The number of methoxy groups -OCH3 is 1. The molecule has 0 aliphatic carbocycles. The molecule has 0 bridgehead atoms. The molecule has 1 aromatic rings. The Morgan fingerprint density at radius 3 is 2.67 bits per heavy atom. The summed E-state index contributed by atoms with van der Waals surface area (Å²) in [7, 11) is 4.02. The summed E-state index contributed by atoms with van der Waals surface area (Å²) in [5.41, 5.74) is 4.23. The summed E-state index contributed by atoms with van der Waals surface area (Å²) >= 11 is 0. The highest BCUT2D eigenvalue weighted by atomic mass is 16.5. The smallest absolute Gasteiger partial charge is 0.122 e. The van der Waals surface area contributed by atoms with E-state index in [4.69, 9.17) is 4.74 Å². The van der Waals surface area contributed by atoms with Gasteiger partial charge in [-0.25, -0.2) is 0 Å². The lowest BCUT2D eigenvalue weighted by atomic mass is 9.86. The van der Waals surface area contributed by atoms with Crippen LogP contribution in [0.2, 0.25) is 0 Å². The Labute approximate surface area is 128 Å². The van der Waals surface area contributed by atoms with E-state index < -0.39 is 0 Å². The van der Waals surface area contributed by atoms with Gasteiger partial charge in [0.1, 0.15) is 5.75 Å². The molecule has 0 spiro atoms. The molecule has 21 heavy (non-hydrogen) atoms. The molecule has 3 heteroatoms. The Bertz CT molecular complexity index is 514. The summed E-state index contributed by atoms with van der Waals surface area (Å²) in [6.07, 6.45) is 4.01. The molecule has 0 radical (unpaired) electrons. The van der Waals surface area contributed by atoms with Crippen LogP contribution in [0.3, 0.4) is 0 Å². The van der Waals surface area contributed by atoms with Crippen molar-refractivity contribution in [1.29, 1.82) is 0 Å². The molecule has 0 amide bonds. The molecular weight excluding hydrogens is 260 g/mol. The van der Waals surface area contributed by atoms with E-state index in [2.05, 4.69) is 42.8 Å². The minimum absolute atomic E-state index is 0.599. The highest BCUT2D eigenvalue weighted by molar-refractivity contribution is 5.45. The van der Waals surface area contributed by atoms with Gasteiger partial charge in [-0.1, -0.05) is 6.07 Å². The normalized spacial score (nSPS) is 27.4. The van der Waals surface area contributed by atoms with Crippen LogP contribution in [0.25, 0.3) is 0 Å². The summed E-state index contributed by atoms with van der Waals surface area (Å²) in [6.45, 7) is 8.07. The van der Waals surface area contributed by atoms with Crippen molar-refractivity contribution in [2.24, 2.45) is 0 Å². The first-order valence-corrected chi connectivity index (χ1v) is 8.20. The first kappa shape index (κ1) is 14.9. The zero-order valence-corrected chi connectivity index (χ0v) is 13.9. The van der Waals surface area contributed by atoms with E-state index in [0.717, 1.165) is 11.8 Å². The summed E-state index contributed by atoms with van der Waals surface area (Å²) in [6, 6.07) is 5.79. The molecule has 2 heterocycles. The van der Waals surface area contributed by atoms with Crippen LogP contribution in [0, 0.1) is 13.8 Å². The average Bonchev–Trinajstić information content (AvgIpc) is 2.49. The highest BCUT2D eigenvalue weighted by Crippen LogP contribution is 2.39. The van der Waals surface area contributed by atoms with Gasteiger partial charge < -0.3 is 9.64 Å². The number of rotatable bonds is 2. The Morgan fingerprint density at radius 2 is 1.90 bits per heavy atom. The maximum Gasteiger partial charge on any atom is 0.122 e. The Morgan fingerprint density at radius 1 is 1.10 bits per heavy atom. The average molecular weight is 288 g/mol. The van der Waals surface area contributed by atoms with Gasteiger partial charge in [0.2, 0.25) is 0 Å². The van der Waals surface area contributed by atoms with E-state index in [1.165, 1.54) is 55.6 Å². The fourth-order valence-corrected chi connectivity index (χ4v) is 4.14. The van der Waals surface area contributed by atoms with Gasteiger partial charge in [-0.15, -0.1) is 0 Å². The lowest BCUT2D eigenvalue weighted by molar-refractivity contribution is 0.0183. The van der Waals surface area contributed by atoms with Crippen LogP contribution in [-0.2, 0) is 0 Å². The molecular formula is C18H28N2O. The third kappa shape index (κ3) is 2.69. The molecule has 0 N–H and O–H groups in total. The molecule has 2 atom stereocenters. The van der Waals surface area contributed by atoms with Gasteiger partial charge in [0.05, 0.1) is 7.11 Å². The van der Waals surface area contributed by atoms with Crippen LogP contribution in [0.4, 0.5) is 0 Å². The molecule has 116 valence electrons. The third-order valence-corrected chi connectivity index (χ3v) is 5.50. The third-order valence-electron chi connectivity index (χ3n) is 5.50. The maximum absolute atomic E-state index is 5.47. The van der Waals surface area contributed by atoms with Gasteiger partial charge in [0, 0.05) is 31.7 Å². The number of ether oxygens (including phenoxy) is 1. The van der Waals surface area contributed by atoms with E-state index in [-0.39, 0.29) is 0 Å². The van der Waals surface area contributed by atoms with Crippen molar-refractivity contribution in [3.63, 3.8) is 0 Å². The second-order valence-electron chi connectivity index (χ2n) is 6.71. The quantitative estimate of drug-likeness (QED) is 0.831. The molecule has 2 saturated heterocycles. The molecule has 0 aromatic heterocycles. The zero-order valence-electron chi connectivity index (χ0n) is 13.9. The molecule has 3 nitrogen and oxygen atoms in total.